The summed E-state index contributed by atoms with van der Waals surface area (Å²) in [4.78, 5) is 10.3. The second kappa shape index (κ2) is 5.74. The highest BCUT2D eigenvalue weighted by Gasteiger charge is 2.20. The van der Waals surface area contributed by atoms with Crippen LogP contribution in [0.2, 0.25) is 0 Å². The van der Waals surface area contributed by atoms with E-state index in [1.165, 1.54) is 0 Å². The second-order valence-corrected chi connectivity index (χ2v) is 2.58. The van der Waals surface area contributed by atoms with Gasteiger partial charge in [0.05, 0.1) is 6.10 Å². The van der Waals surface area contributed by atoms with Gasteiger partial charge in [-0.1, -0.05) is 12.2 Å². The van der Waals surface area contributed by atoms with E-state index >= 15 is 0 Å². The molecule has 0 rings (SSSR count). The SMILES string of the molecule is C/C=C/CCC(O)C(N)C(=O)O. The summed E-state index contributed by atoms with van der Waals surface area (Å²) in [5.74, 6) is -1.16. The third kappa shape index (κ3) is 4.10. The second-order valence-electron chi connectivity index (χ2n) is 2.58. The molecule has 2 atom stereocenters. The average Bonchev–Trinajstić information content (AvgIpc) is 2.03. The van der Waals surface area contributed by atoms with E-state index in [4.69, 9.17) is 10.8 Å². The van der Waals surface area contributed by atoms with Crippen LogP contribution >= 0.6 is 0 Å². The van der Waals surface area contributed by atoms with Gasteiger partial charge in [0.2, 0.25) is 0 Å². The van der Waals surface area contributed by atoms with Crippen molar-refractivity contribution in [3.8, 4) is 0 Å². The number of aliphatic hydroxyl groups is 1. The molecule has 0 aromatic heterocycles. The first-order valence-electron chi connectivity index (χ1n) is 3.87. The van der Waals surface area contributed by atoms with Gasteiger partial charge in [0.25, 0.3) is 0 Å². The van der Waals surface area contributed by atoms with Gasteiger partial charge in [-0.25, -0.2) is 0 Å². The van der Waals surface area contributed by atoms with E-state index < -0.39 is 18.1 Å². The molecule has 12 heavy (non-hydrogen) atoms. The Hall–Kier alpha value is -0.870. The fourth-order valence-electron chi connectivity index (χ4n) is 0.778. The summed E-state index contributed by atoms with van der Waals surface area (Å²) in [6.07, 6.45) is 3.78. The number of hydrogen-bond acceptors (Lipinski definition) is 3. The maximum Gasteiger partial charge on any atom is 0.323 e. The Morgan fingerprint density at radius 3 is 2.67 bits per heavy atom. The first-order valence-corrected chi connectivity index (χ1v) is 3.87. The molecule has 0 aromatic carbocycles. The van der Waals surface area contributed by atoms with Crippen molar-refractivity contribution in [1.29, 1.82) is 0 Å². The van der Waals surface area contributed by atoms with Crippen LogP contribution in [0.1, 0.15) is 19.8 Å². The van der Waals surface area contributed by atoms with Crippen LogP contribution < -0.4 is 5.73 Å². The Morgan fingerprint density at radius 2 is 2.25 bits per heavy atom. The van der Waals surface area contributed by atoms with Crippen LogP contribution in [0.4, 0.5) is 0 Å². The molecule has 4 N–H and O–H groups in total. The van der Waals surface area contributed by atoms with E-state index in [1.807, 2.05) is 19.1 Å². The molecule has 0 amide bonds. The summed E-state index contributed by atoms with van der Waals surface area (Å²) >= 11 is 0. The maximum absolute atomic E-state index is 10.3. The lowest BCUT2D eigenvalue weighted by atomic mass is 10.1. The van der Waals surface area contributed by atoms with Gasteiger partial charge in [0.1, 0.15) is 6.04 Å². The molecular formula is C8H15NO3. The molecule has 0 aromatic rings. The van der Waals surface area contributed by atoms with Crippen molar-refractivity contribution in [3.63, 3.8) is 0 Å². The van der Waals surface area contributed by atoms with Crippen LogP contribution in [0.5, 0.6) is 0 Å². The molecule has 0 aliphatic rings. The molecule has 0 aliphatic heterocycles. The predicted molar refractivity (Wildman–Crippen MR) is 45.7 cm³/mol. The molecular weight excluding hydrogens is 158 g/mol. The first-order chi connectivity index (χ1) is 5.59. The van der Waals surface area contributed by atoms with Crippen LogP contribution in [0.25, 0.3) is 0 Å². The Bertz CT molecular complexity index is 168. The third-order valence-corrected chi connectivity index (χ3v) is 1.56. The quantitative estimate of drug-likeness (QED) is 0.515. The molecule has 70 valence electrons. The molecule has 0 radical (unpaired) electrons. The van der Waals surface area contributed by atoms with Gasteiger partial charge in [-0.3, -0.25) is 4.79 Å². The van der Waals surface area contributed by atoms with E-state index in [9.17, 15) is 9.90 Å². The minimum atomic E-state index is -1.17. The Kier molecular flexibility index (Phi) is 5.32. The Morgan fingerprint density at radius 1 is 1.67 bits per heavy atom. The van der Waals surface area contributed by atoms with E-state index in [2.05, 4.69) is 0 Å². The normalized spacial score (nSPS) is 16.2. The van der Waals surface area contributed by atoms with Gasteiger partial charge in [-0.15, -0.1) is 0 Å². The van der Waals surface area contributed by atoms with Crippen molar-refractivity contribution in [1.82, 2.24) is 0 Å². The molecule has 0 saturated heterocycles. The zero-order valence-corrected chi connectivity index (χ0v) is 7.10. The fraction of sp³-hybridized carbons (Fsp3) is 0.625. The van der Waals surface area contributed by atoms with E-state index in [0.717, 1.165) is 0 Å². The number of allylic oxidation sites excluding steroid dienone is 2. The largest absolute Gasteiger partial charge is 0.480 e. The van der Waals surface area contributed by atoms with Crippen molar-refractivity contribution in [3.05, 3.63) is 12.2 Å². The zero-order chi connectivity index (χ0) is 9.56. The fourth-order valence-corrected chi connectivity index (χ4v) is 0.778. The Labute approximate surface area is 71.7 Å². The molecule has 0 fully saturated rings. The van der Waals surface area contributed by atoms with Crippen LogP contribution in [0.15, 0.2) is 12.2 Å². The monoisotopic (exact) mass is 173 g/mol. The zero-order valence-electron chi connectivity index (χ0n) is 7.10. The lowest BCUT2D eigenvalue weighted by molar-refractivity contribution is -0.141. The molecule has 4 heteroatoms. The molecule has 4 nitrogen and oxygen atoms in total. The van der Waals surface area contributed by atoms with Crippen LogP contribution in [0.3, 0.4) is 0 Å². The molecule has 0 saturated carbocycles. The topological polar surface area (TPSA) is 83.5 Å². The van der Waals surface area contributed by atoms with Gasteiger partial charge < -0.3 is 15.9 Å². The number of aliphatic hydroxyl groups excluding tert-OH is 1. The van der Waals surface area contributed by atoms with Gasteiger partial charge in [0, 0.05) is 0 Å². The number of hydrogen-bond donors (Lipinski definition) is 3. The molecule has 0 heterocycles. The third-order valence-electron chi connectivity index (χ3n) is 1.56. The predicted octanol–water partition coefficient (Wildman–Crippen LogP) is 0.116. The smallest absolute Gasteiger partial charge is 0.323 e. The molecule has 0 bridgehead atoms. The lowest BCUT2D eigenvalue weighted by Gasteiger charge is -2.12. The minimum Gasteiger partial charge on any atom is -0.480 e. The van der Waals surface area contributed by atoms with Crippen LogP contribution in [-0.4, -0.2) is 28.3 Å². The number of carboxylic acid groups (broad SMARTS) is 1. The first kappa shape index (κ1) is 11.1. The van der Waals surface area contributed by atoms with Gasteiger partial charge >= 0.3 is 5.97 Å². The summed E-state index contributed by atoms with van der Waals surface area (Å²) in [5.41, 5.74) is 5.17. The number of nitrogens with two attached hydrogens (primary N) is 1. The average molecular weight is 173 g/mol. The van der Waals surface area contributed by atoms with E-state index in [-0.39, 0.29) is 0 Å². The summed E-state index contributed by atoms with van der Waals surface area (Å²) in [5, 5.41) is 17.6. The minimum absolute atomic E-state index is 0.387. The number of carbonyl (C=O) groups is 1. The molecule has 2 unspecified atom stereocenters. The summed E-state index contributed by atoms with van der Waals surface area (Å²) in [7, 11) is 0. The lowest BCUT2D eigenvalue weighted by Crippen LogP contribution is -2.41. The van der Waals surface area contributed by atoms with Crippen molar-refractivity contribution in [2.45, 2.75) is 31.9 Å². The van der Waals surface area contributed by atoms with Crippen molar-refractivity contribution < 1.29 is 15.0 Å². The van der Waals surface area contributed by atoms with Crippen LogP contribution in [-0.2, 0) is 4.79 Å². The van der Waals surface area contributed by atoms with Crippen molar-refractivity contribution in [2.24, 2.45) is 5.73 Å². The highest BCUT2D eigenvalue weighted by Crippen LogP contribution is 2.01. The van der Waals surface area contributed by atoms with Crippen molar-refractivity contribution in [2.75, 3.05) is 0 Å². The van der Waals surface area contributed by atoms with Gasteiger partial charge in [-0.05, 0) is 19.8 Å². The van der Waals surface area contributed by atoms with Gasteiger partial charge in [0.15, 0.2) is 0 Å². The number of rotatable bonds is 5. The maximum atomic E-state index is 10.3. The Balaban J connectivity index is 3.71. The summed E-state index contributed by atoms with van der Waals surface area (Å²) in [6.45, 7) is 1.86. The highest BCUT2D eigenvalue weighted by atomic mass is 16.4. The molecule has 0 aliphatic carbocycles. The number of carboxylic acids is 1. The van der Waals surface area contributed by atoms with E-state index in [0.29, 0.717) is 12.8 Å². The summed E-state index contributed by atoms with van der Waals surface area (Å²) < 4.78 is 0. The molecule has 0 spiro atoms. The number of aliphatic carboxylic acids is 1. The highest BCUT2D eigenvalue weighted by molar-refractivity contribution is 5.73. The van der Waals surface area contributed by atoms with Crippen LogP contribution in [0, 0.1) is 0 Å². The van der Waals surface area contributed by atoms with Crippen molar-refractivity contribution >= 4 is 5.97 Å². The van der Waals surface area contributed by atoms with E-state index in [1.54, 1.807) is 0 Å². The van der Waals surface area contributed by atoms with Gasteiger partial charge in [-0.2, -0.15) is 0 Å². The standard InChI is InChI=1S/C8H15NO3/c1-2-3-4-5-6(10)7(9)8(11)12/h2-3,6-7,10H,4-5,9H2,1H3,(H,11,12)/b3-2+. The summed E-state index contributed by atoms with van der Waals surface area (Å²) in [6, 6.07) is -1.17.